The van der Waals surface area contributed by atoms with Gasteiger partial charge in [0.2, 0.25) is 0 Å². The van der Waals surface area contributed by atoms with Crippen LogP contribution < -0.4 is 0 Å². The van der Waals surface area contributed by atoms with Crippen LogP contribution in [0.5, 0.6) is 0 Å². The molecule has 0 saturated carbocycles. The third kappa shape index (κ3) is 2.72. The fourth-order valence-corrected chi connectivity index (χ4v) is 0.280. The maximum absolute atomic E-state index is 11.8. The summed E-state index contributed by atoms with van der Waals surface area (Å²) in [5, 5.41) is 0. The van der Waals surface area contributed by atoms with Gasteiger partial charge in [-0.1, -0.05) is 13.8 Å². The zero-order valence-corrected chi connectivity index (χ0v) is 5.28. The second-order valence-corrected chi connectivity index (χ2v) is 2.67. The summed E-state index contributed by atoms with van der Waals surface area (Å²) in [7, 11) is 0. The summed E-state index contributed by atoms with van der Waals surface area (Å²) in [6.45, 7) is 3.02. The molecule has 0 aliphatic rings. The second-order valence-electron chi connectivity index (χ2n) is 2.67. The first-order valence-corrected chi connectivity index (χ1v) is 2.62. The van der Waals surface area contributed by atoms with Gasteiger partial charge in [0.1, 0.15) is 6.29 Å². The smallest absolute Gasteiger partial charge is 0.120 e. The van der Waals surface area contributed by atoms with Gasteiger partial charge in [-0.2, -0.15) is 0 Å². The van der Waals surface area contributed by atoms with E-state index in [1.807, 2.05) is 0 Å². The molecule has 0 bridgehead atoms. The van der Waals surface area contributed by atoms with Gasteiger partial charge in [0, 0.05) is 6.42 Å². The Labute approximate surface area is 48.9 Å². The molecule has 0 aliphatic carbocycles. The lowest BCUT2D eigenvalue weighted by atomic mass is 9.92. The van der Waals surface area contributed by atoms with Crippen LogP contribution in [0.1, 0.15) is 20.3 Å². The van der Waals surface area contributed by atoms with Crippen LogP contribution in [0.3, 0.4) is 0 Å². The van der Waals surface area contributed by atoms with Crippen molar-refractivity contribution in [1.29, 1.82) is 0 Å². The van der Waals surface area contributed by atoms with Crippen molar-refractivity contribution in [2.75, 3.05) is 6.67 Å². The summed E-state index contributed by atoms with van der Waals surface area (Å²) in [6, 6.07) is 0. The van der Waals surface area contributed by atoms with Gasteiger partial charge in [0.25, 0.3) is 0 Å². The van der Waals surface area contributed by atoms with Gasteiger partial charge in [-0.25, -0.2) is 0 Å². The van der Waals surface area contributed by atoms with Crippen LogP contribution in [-0.2, 0) is 4.79 Å². The van der Waals surface area contributed by atoms with E-state index >= 15 is 0 Å². The average Bonchev–Trinajstić information content (AvgIpc) is 1.67. The summed E-state index contributed by atoms with van der Waals surface area (Å²) in [5.41, 5.74) is -0.443. The van der Waals surface area contributed by atoms with Crippen LogP contribution in [-0.4, -0.2) is 13.0 Å². The largest absolute Gasteiger partial charge is 0.303 e. The number of hydrogen-bond donors (Lipinski definition) is 0. The molecule has 0 rings (SSSR count). The Hall–Kier alpha value is -0.400. The number of alkyl halides is 1. The molecule has 0 amide bonds. The predicted molar refractivity (Wildman–Crippen MR) is 30.4 cm³/mol. The highest BCUT2D eigenvalue weighted by atomic mass is 19.1. The lowest BCUT2D eigenvalue weighted by Gasteiger charge is -2.14. The molecule has 8 heavy (non-hydrogen) atoms. The minimum Gasteiger partial charge on any atom is -0.303 e. The van der Waals surface area contributed by atoms with Crippen molar-refractivity contribution in [1.82, 2.24) is 0 Å². The van der Waals surface area contributed by atoms with Crippen LogP contribution in [0, 0.1) is 5.41 Å². The van der Waals surface area contributed by atoms with E-state index in [1.165, 1.54) is 0 Å². The van der Waals surface area contributed by atoms with Gasteiger partial charge in [-0.3, -0.25) is 4.39 Å². The summed E-state index contributed by atoms with van der Waals surface area (Å²) >= 11 is 0. The topological polar surface area (TPSA) is 17.1 Å². The van der Waals surface area contributed by atoms with Gasteiger partial charge in [0.15, 0.2) is 0 Å². The SMILES string of the molecule is CC(C)(CF)CC=O. The Morgan fingerprint density at radius 1 is 1.62 bits per heavy atom. The van der Waals surface area contributed by atoms with Crippen molar-refractivity contribution in [2.24, 2.45) is 5.41 Å². The maximum Gasteiger partial charge on any atom is 0.120 e. The van der Waals surface area contributed by atoms with Crippen LogP contribution in [0.2, 0.25) is 0 Å². The highest BCUT2D eigenvalue weighted by Crippen LogP contribution is 2.18. The summed E-state index contributed by atoms with van der Waals surface area (Å²) < 4.78 is 11.8. The van der Waals surface area contributed by atoms with Crippen molar-refractivity contribution < 1.29 is 9.18 Å². The van der Waals surface area contributed by atoms with Crippen molar-refractivity contribution in [3.05, 3.63) is 0 Å². The highest BCUT2D eigenvalue weighted by Gasteiger charge is 2.15. The van der Waals surface area contributed by atoms with Crippen LogP contribution in [0.15, 0.2) is 0 Å². The molecule has 0 aromatic heterocycles. The fourth-order valence-electron chi connectivity index (χ4n) is 0.280. The molecule has 0 atom stereocenters. The molecule has 0 fully saturated rings. The van der Waals surface area contributed by atoms with Crippen LogP contribution in [0.4, 0.5) is 4.39 Å². The van der Waals surface area contributed by atoms with Crippen molar-refractivity contribution >= 4 is 6.29 Å². The molecule has 0 saturated heterocycles. The van der Waals surface area contributed by atoms with Gasteiger partial charge in [-0.05, 0) is 5.41 Å². The van der Waals surface area contributed by atoms with Gasteiger partial charge in [0.05, 0.1) is 6.67 Å². The molecule has 0 unspecified atom stereocenters. The number of halogens is 1. The summed E-state index contributed by atoms with van der Waals surface area (Å²) in [5.74, 6) is 0. The van der Waals surface area contributed by atoms with E-state index in [1.54, 1.807) is 13.8 Å². The van der Waals surface area contributed by atoms with Crippen molar-refractivity contribution in [3.63, 3.8) is 0 Å². The Kier molecular flexibility index (Phi) is 2.66. The molecule has 0 aromatic carbocycles. The Morgan fingerprint density at radius 2 is 2.12 bits per heavy atom. The molecule has 1 nitrogen and oxygen atoms in total. The van der Waals surface area contributed by atoms with E-state index < -0.39 is 12.1 Å². The fraction of sp³-hybridized carbons (Fsp3) is 0.833. The monoisotopic (exact) mass is 118 g/mol. The first kappa shape index (κ1) is 7.60. The molecule has 0 N–H and O–H groups in total. The van der Waals surface area contributed by atoms with Crippen LogP contribution in [0.25, 0.3) is 0 Å². The van der Waals surface area contributed by atoms with Crippen molar-refractivity contribution in [3.8, 4) is 0 Å². The van der Waals surface area contributed by atoms with E-state index in [2.05, 4.69) is 0 Å². The number of aldehydes is 1. The molecule has 0 aliphatic heterocycles. The van der Waals surface area contributed by atoms with Gasteiger partial charge < -0.3 is 4.79 Å². The lowest BCUT2D eigenvalue weighted by molar-refractivity contribution is -0.109. The number of rotatable bonds is 3. The number of carbonyl (C=O) groups excluding carboxylic acids is 1. The van der Waals surface area contributed by atoms with E-state index in [0.29, 0.717) is 6.42 Å². The third-order valence-electron chi connectivity index (χ3n) is 0.998. The van der Waals surface area contributed by atoms with Crippen LogP contribution >= 0.6 is 0 Å². The molecule has 48 valence electrons. The first-order valence-electron chi connectivity index (χ1n) is 2.62. The second kappa shape index (κ2) is 2.80. The van der Waals surface area contributed by atoms with E-state index in [9.17, 15) is 9.18 Å². The highest BCUT2D eigenvalue weighted by molar-refractivity contribution is 5.50. The summed E-state index contributed by atoms with van der Waals surface area (Å²) in [6.07, 6.45) is 1.06. The minimum absolute atomic E-state index is 0.309. The third-order valence-corrected chi connectivity index (χ3v) is 0.998. The number of carbonyl (C=O) groups is 1. The van der Waals surface area contributed by atoms with Crippen molar-refractivity contribution in [2.45, 2.75) is 20.3 Å². The Balaban J connectivity index is 3.53. The van der Waals surface area contributed by atoms with E-state index in [0.717, 1.165) is 6.29 Å². The summed E-state index contributed by atoms with van der Waals surface area (Å²) in [4.78, 5) is 9.81. The standard InChI is InChI=1S/C6H11FO/c1-6(2,5-7)3-4-8/h4H,3,5H2,1-2H3. The first-order chi connectivity index (χ1) is 3.62. The maximum atomic E-state index is 11.8. The molecular weight excluding hydrogens is 107 g/mol. The van der Waals surface area contributed by atoms with Gasteiger partial charge in [-0.15, -0.1) is 0 Å². The molecule has 0 aromatic rings. The average molecular weight is 118 g/mol. The van der Waals surface area contributed by atoms with E-state index in [4.69, 9.17) is 0 Å². The molecule has 0 spiro atoms. The minimum atomic E-state index is -0.443. The molecular formula is C6H11FO. The predicted octanol–water partition coefficient (Wildman–Crippen LogP) is 1.57. The molecule has 0 heterocycles. The van der Waals surface area contributed by atoms with E-state index in [-0.39, 0.29) is 0 Å². The Bertz CT molecular complexity index is 78.6. The normalized spacial score (nSPS) is 11.4. The van der Waals surface area contributed by atoms with Gasteiger partial charge >= 0.3 is 0 Å². The molecule has 2 heteroatoms. The molecule has 0 radical (unpaired) electrons. The number of hydrogen-bond acceptors (Lipinski definition) is 1. The zero-order chi connectivity index (χ0) is 6.62. The Morgan fingerprint density at radius 3 is 2.25 bits per heavy atom. The zero-order valence-electron chi connectivity index (χ0n) is 5.28. The lowest BCUT2D eigenvalue weighted by Crippen LogP contribution is -2.13. The quantitative estimate of drug-likeness (QED) is 0.514.